The minimum absolute atomic E-state index is 0.0165. The quantitative estimate of drug-likeness (QED) is 0.208. The molecule has 4 aromatic rings. The SMILES string of the molecule is CCCCc1cc(O)c(Cn2cc(C[C@H](O)COC(=O)c3cccc(OC)c3)c3cc(O)ccc32)c(O)c1. The van der Waals surface area contributed by atoms with Crippen LogP contribution in [0.2, 0.25) is 0 Å². The van der Waals surface area contributed by atoms with Gasteiger partial charge in [-0.05, 0) is 72.5 Å². The summed E-state index contributed by atoms with van der Waals surface area (Å²) in [5.41, 5.74) is 3.06. The van der Waals surface area contributed by atoms with Crippen LogP contribution in [0.15, 0.2) is 60.8 Å². The van der Waals surface area contributed by atoms with E-state index in [1.165, 1.54) is 7.11 Å². The van der Waals surface area contributed by atoms with Crippen molar-refractivity contribution in [1.29, 1.82) is 0 Å². The van der Waals surface area contributed by atoms with Crippen LogP contribution in [0.5, 0.6) is 23.0 Å². The number of aromatic nitrogens is 1. The van der Waals surface area contributed by atoms with Crippen molar-refractivity contribution in [2.75, 3.05) is 13.7 Å². The van der Waals surface area contributed by atoms with E-state index in [0.29, 0.717) is 22.3 Å². The number of unbranched alkanes of at least 4 members (excludes halogenated alkanes) is 1. The van der Waals surface area contributed by atoms with Crippen LogP contribution >= 0.6 is 0 Å². The van der Waals surface area contributed by atoms with E-state index in [9.17, 15) is 25.2 Å². The van der Waals surface area contributed by atoms with Gasteiger partial charge in [0.2, 0.25) is 0 Å². The number of fused-ring (bicyclic) bond motifs is 1. The fourth-order valence-electron chi connectivity index (χ4n) is 4.53. The Kier molecular flexibility index (Phi) is 8.43. The van der Waals surface area contributed by atoms with Crippen molar-refractivity contribution in [2.45, 2.75) is 45.3 Å². The second kappa shape index (κ2) is 11.9. The zero-order valence-electron chi connectivity index (χ0n) is 21.6. The molecular formula is C30H33NO7. The fraction of sp³-hybridized carbons (Fsp3) is 0.300. The summed E-state index contributed by atoms with van der Waals surface area (Å²) in [5.74, 6) is 0.0589. The summed E-state index contributed by atoms with van der Waals surface area (Å²) in [6, 6.07) is 14.8. The van der Waals surface area contributed by atoms with Gasteiger partial charge in [-0.15, -0.1) is 0 Å². The van der Waals surface area contributed by atoms with Gasteiger partial charge in [-0.25, -0.2) is 4.79 Å². The van der Waals surface area contributed by atoms with Gasteiger partial charge in [0.25, 0.3) is 0 Å². The Morgan fingerprint density at radius 2 is 1.79 bits per heavy atom. The molecule has 0 saturated heterocycles. The maximum absolute atomic E-state index is 12.4. The van der Waals surface area contributed by atoms with Gasteiger partial charge >= 0.3 is 5.97 Å². The van der Waals surface area contributed by atoms with Crippen LogP contribution in [0.1, 0.15) is 46.8 Å². The molecule has 200 valence electrons. The number of carbonyl (C=O) groups excluding carboxylic acids is 1. The summed E-state index contributed by atoms with van der Waals surface area (Å²) in [6.45, 7) is 2.05. The highest BCUT2D eigenvalue weighted by molar-refractivity contribution is 5.90. The van der Waals surface area contributed by atoms with Crippen molar-refractivity contribution in [3.8, 4) is 23.0 Å². The molecule has 1 atom stereocenters. The molecule has 0 fully saturated rings. The number of aliphatic hydroxyl groups is 1. The van der Waals surface area contributed by atoms with E-state index in [0.717, 1.165) is 35.9 Å². The van der Waals surface area contributed by atoms with Crippen molar-refractivity contribution in [3.05, 3.63) is 83.0 Å². The van der Waals surface area contributed by atoms with E-state index in [1.807, 2.05) is 4.57 Å². The molecule has 4 N–H and O–H groups in total. The molecule has 4 rings (SSSR count). The lowest BCUT2D eigenvalue weighted by molar-refractivity contribution is 0.0259. The van der Waals surface area contributed by atoms with Crippen LogP contribution in [0.3, 0.4) is 0 Å². The molecule has 8 heteroatoms. The highest BCUT2D eigenvalue weighted by Crippen LogP contribution is 2.33. The number of aryl methyl sites for hydroxylation is 1. The zero-order chi connectivity index (χ0) is 27.2. The average Bonchev–Trinajstić information content (AvgIpc) is 3.23. The normalized spacial score (nSPS) is 12.0. The number of phenols is 3. The number of rotatable bonds is 11. The number of aliphatic hydroxyl groups excluding tert-OH is 1. The predicted octanol–water partition coefficient (Wildman–Crippen LogP) is 4.92. The third-order valence-corrected chi connectivity index (χ3v) is 6.53. The molecule has 0 amide bonds. The number of carbonyl (C=O) groups is 1. The number of nitrogens with zero attached hydrogens (tertiary/aromatic N) is 1. The molecule has 0 bridgehead atoms. The summed E-state index contributed by atoms with van der Waals surface area (Å²) in [7, 11) is 1.51. The first-order valence-corrected chi connectivity index (χ1v) is 12.6. The van der Waals surface area contributed by atoms with E-state index in [2.05, 4.69) is 6.92 Å². The molecule has 0 saturated carbocycles. The van der Waals surface area contributed by atoms with E-state index in [4.69, 9.17) is 9.47 Å². The second-order valence-corrected chi connectivity index (χ2v) is 9.39. The maximum atomic E-state index is 12.4. The maximum Gasteiger partial charge on any atom is 0.338 e. The lowest BCUT2D eigenvalue weighted by Crippen LogP contribution is -2.21. The van der Waals surface area contributed by atoms with Crippen LogP contribution < -0.4 is 4.74 Å². The van der Waals surface area contributed by atoms with Crippen molar-refractivity contribution in [3.63, 3.8) is 0 Å². The van der Waals surface area contributed by atoms with Crippen LogP contribution in [0, 0.1) is 0 Å². The number of esters is 1. The van der Waals surface area contributed by atoms with Crippen molar-refractivity contribution < 1.29 is 34.7 Å². The third kappa shape index (κ3) is 6.20. The Morgan fingerprint density at radius 1 is 1.03 bits per heavy atom. The molecule has 1 heterocycles. The minimum atomic E-state index is -0.995. The highest BCUT2D eigenvalue weighted by Gasteiger charge is 2.18. The van der Waals surface area contributed by atoms with E-state index < -0.39 is 12.1 Å². The molecule has 38 heavy (non-hydrogen) atoms. The molecule has 0 spiro atoms. The third-order valence-electron chi connectivity index (χ3n) is 6.53. The Labute approximate surface area is 221 Å². The van der Waals surface area contributed by atoms with E-state index >= 15 is 0 Å². The highest BCUT2D eigenvalue weighted by atomic mass is 16.5. The van der Waals surface area contributed by atoms with Gasteiger partial charge in [-0.3, -0.25) is 0 Å². The summed E-state index contributed by atoms with van der Waals surface area (Å²) in [5, 5.41) is 42.7. The van der Waals surface area contributed by atoms with Crippen LogP contribution in [-0.4, -0.2) is 50.8 Å². The summed E-state index contributed by atoms with van der Waals surface area (Å²) in [6.07, 6.45) is 3.72. The van der Waals surface area contributed by atoms with Gasteiger partial charge in [-0.2, -0.15) is 0 Å². The predicted molar refractivity (Wildman–Crippen MR) is 144 cm³/mol. The largest absolute Gasteiger partial charge is 0.508 e. The number of hydrogen-bond donors (Lipinski definition) is 4. The molecular weight excluding hydrogens is 486 g/mol. The number of hydrogen-bond acceptors (Lipinski definition) is 7. The van der Waals surface area contributed by atoms with Gasteiger partial charge in [0.15, 0.2) is 0 Å². The van der Waals surface area contributed by atoms with Gasteiger partial charge < -0.3 is 34.5 Å². The number of ether oxygens (including phenoxy) is 2. The molecule has 0 radical (unpaired) electrons. The number of aromatic hydroxyl groups is 3. The van der Waals surface area contributed by atoms with Crippen LogP contribution in [-0.2, 0) is 24.1 Å². The Bertz CT molecular complexity index is 1400. The topological polar surface area (TPSA) is 121 Å². The minimum Gasteiger partial charge on any atom is -0.508 e. The lowest BCUT2D eigenvalue weighted by atomic mass is 10.0. The molecule has 3 aromatic carbocycles. The smallest absolute Gasteiger partial charge is 0.338 e. The fourth-order valence-corrected chi connectivity index (χ4v) is 4.53. The first kappa shape index (κ1) is 26.9. The van der Waals surface area contributed by atoms with Crippen molar-refractivity contribution in [2.24, 2.45) is 0 Å². The molecule has 1 aromatic heterocycles. The monoisotopic (exact) mass is 519 g/mol. The zero-order valence-corrected chi connectivity index (χ0v) is 21.6. The standard InChI is InChI=1S/C30H33NO7/c1-3-4-6-19-11-28(34)26(29(35)12-19)17-31-16-21(25-15-22(32)9-10-27(25)31)13-23(33)18-38-30(36)20-7-5-8-24(14-20)37-2/h5,7-12,14-16,23,32-35H,3-4,6,13,17-18H2,1-2H3/t23-/m0/s1. The number of phenolic OH excluding ortho intramolecular Hbond substituents is 3. The van der Waals surface area contributed by atoms with Gasteiger partial charge in [-0.1, -0.05) is 19.4 Å². The Balaban J connectivity index is 1.52. The van der Waals surface area contributed by atoms with Crippen LogP contribution in [0.4, 0.5) is 0 Å². The first-order chi connectivity index (χ1) is 18.3. The number of methoxy groups -OCH3 is 1. The second-order valence-electron chi connectivity index (χ2n) is 9.39. The van der Waals surface area contributed by atoms with E-state index in [1.54, 1.807) is 60.8 Å². The first-order valence-electron chi connectivity index (χ1n) is 12.6. The average molecular weight is 520 g/mol. The molecule has 0 aliphatic heterocycles. The van der Waals surface area contributed by atoms with Gasteiger partial charge in [0.1, 0.15) is 29.6 Å². The van der Waals surface area contributed by atoms with Crippen molar-refractivity contribution in [1.82, 2.24) is 4.57 Å². The molecule has 8 nitrogen and oxygen atoms in total. The number of benzene rings is 3. The summed E-state index contributed by atoms with van der Waals surface area (Å²) < 4.78 is 12.3. The Hall–Kier alpha value is -4.17. The summed E-state index contributed by atoms with van der Waals surface area (Å²) in [4.78, 5) is 12.4. The lowest BCUT2D eigenvalue weighted by Gasteiger charge is -2.12. The van der Waals surface area contributed by atoms with Crippen LogP contribution in [0.25, 0.3) is 10.9 Å². The molecule has 0 aliphatic carbocycles. The van der Waals surface area contributed by atoms with E-state index in [-0.39, 0.29) is 36.8 Å². The Morgan fingerprint density at radius 3 is 2.50 bits per heavy atom. The molecule has 0 aliphatic rings. The van der Waals surface area contributed by atoms with Gasteiger partial charge in [0, 0.05) is 23.5 Å². The summed E-state index contributed by atoms with van der Waals surface area (Å²) >= 11 is 0. The molecule has 0 unspecified atom stereocenters. The van der Waals surface area contributed by atoms with Gasteiger partial charge in [0.05, 0.1) is 30.9 Å². The van der Waals surface area contributed by atoms with Crippen molar-refractivity contribution >= 4 is 16.9 Å².